The van der Waals surface area contributed by atoms with Gasteiger partial charge in [-0.05, 0) is 43.3 Å². The summed E-state index contributed by atoms with van der Waals surface area (Å²) in [6, 6.07) is 10.8. The van der Waals surface area contributed by atoms with Crippen molar-refractivity contribution in [2.75, 3.05) is 16.8 Å². The van der Waals surface area contributed by atoms with E-state index < -0.39 is 0 Å². The highest BCUT2D eigenvalue weighted by atomic mass is 35.5. The van der Waals surface area contributed by atoms with Gasteiger partial charge in [0.15, 0.2) is 11.0 Å². The number of amides is 1. The zero-order valence-corrected chi connectivity index (χ0v) is 17.8. The molecule has 148 valence electrons. The molecule has 0 fully saturated rings. The van der Waals surface area contributed by atoms with Crippen LogP contribution < -0.4 is 11.1 Å². The van der Waals surface area contributed by atoms with Gasteiger partial charge in [-0.3, -0.25) is 4.79 Å². The molecule has 0 aliphatic carbocycles. The second-order valence-electron chi connectivity index (χ2n) is 6.10. The lowest BCUT2D eigenvalue weighted by Crippen LogP contribution is -2.14. The third-order valence-corrected chi connectivity index (χ3v) is 6.55. The largest absolute Gasteiger partial charge is 0.397 e. The fraction of sp³-hybridized carbons (Fsp3) is 0.158. The highest BCUT2D eigenvalue weighted by Crippen LogP contribution is 2.39. The Kier molecular flexibility index (Phi) is 5.70. The fourth-order valence-electron chi connectivity index (χ4n) is 2.83. The number of halogens is 1. The SMILES string of the molecule is CCn1c(SCC(=O)Nc2ccc(Cl)cc2)nnc1-c1sc2ncccc2c1N. The smallest absolute Gasteiger partial charge is 0.234 e. The summed E-state index contributed by atoms with van der Waals surface area (Å²) in [6.07, 6.45) is 1.74. The monoisotopic (exact) mass is 444 g/mol. The third kappa shape index (κ3) is 4.07. The first-order chi connectivity index (χ1) is 14.1. The van der Waals surface area contributed by atoms with Crippen LogP contribution in [-0.4, -0.2) is 31.4 Å². The third-order valence-electron chi connectivity index (χ3n) is 4.20. The average Bonchev–Trinajstić information content (AvgIpc) is 3.29. The number of nitrogen functional groups attached to an aromatic ring is 1. The summed E-state index contributed by atoms with van der Waals surface area (Å²) in [4.78, 5) is 18.3. The van der Waals surface area contributed by atoms with Crippen LogP contribution in [0.1, 0.15) is 6.92 Å². The van der Waals surface area contributed by atoms with Crippen molar-refractivity contribution in [1.82, 2.24) is 19.7 Å². The number of benzene rings is 1. The molecule has 0 aliphatic heterocycles. The van der Waals surface area contributed by atoms with Gasteiger partial charge in [0.2, 0.25) is 5.91 Å². The van der Waals surface area contributed by atoms with E-state index in [1.165, 1.54) is 23.1 Å². The summed E-state index contributed by atoms with van der Waals surface area (Å²) in [5.74, 6) is 0.772. The van der Waals surface area contributed by atoms with Gasteiger partial charge in [0.1, 0.15) is 4.83 Å². The maximum absolute atomic E-state index is 12.3. The molecule has 0 saturated carbocycles. The summed E-state index contributed by atoms with van der Waals surface area (Å²) in [6.45, 7) is 2.66. The van der Waals surface area contributed by atoms with Crippen LogP contribution in [0.2, 0.25) is 5.02 Å². The van der Waals surface area contributed by atoms with Gasteiger partial charge in [0, 0.05) is 28.8 Å². The minimum absolute atomic E-state index is 0.130. The molecule has 3 aromatic heterocycles. The highest BCUT2D eigenvalue weighted by molar-refractivity contribution is 7.99. The van der Waals surface area contributed by atoms with E-state index in [2.05, 4.69) is 20.5 Å². The number of anilines is 2. The van der Waals surface area contributed by atoms with Gasteiger partial charge in [-0.15, -0.1) is 21.5 Å². The van der Waals surface area contributed by atoms with Crippen LogP contribution in [0.25, 0.3) is 20.9 Å². The molecule has 1 aromatic carbocycles. The molecule has 0 spiro atoms. The molecule has 10 heteroatoms. The van der Waals surface area contributed by atoms with Crippen LogP contribution in [0.5, 0.6) is 0 Å². The van der Waals surface area contributed by atoms with Crippen molar-refractivity contribution >= 4 is 62.2 Å². The molecule has 4 aromatic rings. The molecular weight excluding hydrogens is 428 g/mol. The molecule has 0 saturated heterocycles. The Bertz CT molecular complexity index is 1170. The Hall–Kier alpha value is -2.62. The van der Waals surface area contributed by atoms with Crippen molar-refractivity contribution in [2.24, 2.45) is 0 Å². The number of nitrogens with two attached hydrogens (primary N) is 1. The predicted molar refractivity (Wildman–Crippen MR) is 120 cm³/mol. The van der Waals surface area contributed by atoms with Crippen molar-refractivity contribution < 1.29 is 4.79 Å². The maximum Gasteiger partial charge on any atom is 0.234 e. The van der Waals surface area contributed by atoms with Crippen molar-refractivity contribution in [1.29, 1.82) is 0 Å². The molecule has 0 radical (unpaired) electrons. The summed E-state index contributed by atoms with van der Waals surface area (Å²) in [5, 5.41) is 13.6. The lowest BCUT2D eigenvalue weighted by molar-refractivity contribution is -0.113. The van der Waals surface area contributed by atoms with Gasteiger partial charge in [0.05, 0.1) is 16.3 Å². The molecule has 0 aliphatic rings. The fourth-order valence-corrected chi connectivity index (χ4v) is 4.81. The number of carbonyl (C=O) groups is 1. The number of carbonyl (C=O) groups excluding carboxylic acids is 1. The van der Waals surface area contributed by atoms with E-state index in [0.29, 0.717) is 33.9 Å². The molecule has 7 nitrogen and oxygen atoms in total. The Morgan fingerprint density at radius 2 is 2.07 bits per heavy atom. The van der Waals surface area contributed by atoms with E-state index in [9.17, 15) is 4.79 Å². The van der Waals surface area contributed by atoms with Crippen molar-refractivity contribution in [3.05, 3.63) is 47.6 Å². The Morgan fingerprint density at radius 3 is 2.79 bits per heavy atom. The minimum Gasteiger partial charge on any atom is -0.397 e. The molecule has 3 heterocycles. The first-order valence-electron chi connectivity index (χ1n) is 8.81. The molecule has 1 amide bonds. The maximum atomic E-state index is 12.3. The van der Waals surface area contributed by atoms with Crippen LogP contribution in [0.15, 0.2) is 47.8 Å². The van der Waals surface area contributed by atoms with E-state index in [-0.39, 0.29) is 11.7 Å². The molecule has 4 rings (SSSR count). The van der Waals surface area contributed by atoms with Crippen LogP contribution >= 0.6 is 34.7 Å². The summed E-state index contributed by atoms with van der Waals surface area (Å²) in [5.41, 5.74) is 7.68. The number of thioether (sulfide) groups is 1. The normalized spacial score (nSPS) is 11.1. The van der Waals surface area contributed by atoms with Gasteiger partial charge in [-0.2, -0.15) is 0 Å². The van der Waals surface area contributed by atoms with Crippen molar-refractivity contribution in [3.63, 3.8) is 0 Å². The zero-order chi connectivity index (χ0) is 20.4. The van der Waals surface area contributed by atoms with E-state index in [1.54, 1.807) is 30.5 Å². The Morgan fingerprint density at radius 1 is 1.28 bits per heavy atom. The lowest BCUT2D eigenvalue weighted by Gasteiger charge is -2.07. The molecule has 29 heavy (non-hydrogen) atoms. The highest BCUT2D eigenvalue weighted by Gasteiger charge is 2.20. The lowest BCUT2D eigenvalue weighted by atomic mass is 10.2. The van der Waals surface area contributed by atoms with Gasteiger partial charge in [-0.25, -0.2) is 4.98 Å². The second-order valence-corrected chi connectivity index (χ2v) is 8.47. The average molecular weight is 445 g/mol. The van der Waals surface area contributed by atoms with Crippen LogP contribution in [0, 0.1) is 0 Å². The number of hydrogen-bond donors (Lipinski definition) is 2. The van der Waals surface area contributed by atoms with E-state index >= 15 is 0 Å². The molecule has 0 bridgehead atoms. The van der Waals surface area contributed by atoms with Crippen LogP contribution in [-0.2, 0) is 11.3 Å². The molecule has 0 atom stereocenters. The topological polar surface area (TPSA) is 98.7 Å². The Balaban J connectivity index is 1.52. The molecular formula is C19H17ClN6OS2. The number of pyridine rings is 1. The summed E-state index contributed by atoms with van der Waals surface area (Å²) in [7, 11) is 0. The quantitative estimate of drug-likeness (QED) is 0.423. The first kappa shape index (κ1) is 19.7. The van der Waals surface area contributed by atoms with Gasteiger partial charge < -0.3 is 15.6 Å². The van der Waals surface area contributed by atoms with Crippen molar-refractivity contribution in [2.45, 2.75) is 18.6 Å². The minimum atomic E-state index is -0.130. The second kappa shape index (κ2) is 8.40. The van der Waals surface area contributed by atoms with E-state index in [1.807, 2.05) is 23.6 Å². The summed E-state index contributed by atoms with van der Waals surface area (Å²) >= 11 is 8.68. The van der Waals surface area contributed by atoms with E-state index in [4.69, 9.17) is 17.3 Å². The standard InChI is InChI=1S/C19H17ClN6OS2/c1-2-26-17(16-15(21)13-4-3-9-22-18(13)29-16)24-25-19(26)28-10-14(27)23-12-7-5-11(20)6-8-12/h3-9H,2,10,21H2,1H3,(H,23,27). The molecule has 0 unspecified atom stereocenters. The van der Waals surface area contributed by atoms with Crippen LogP contribution in [0.4, 0.5) is 11.4 Å². The predicted octanol–water partition coefficient (Wildman–Crippen LogP) is 4.54. The first-order valence-corrected chi connectivity index (χ1v) is 11.0. The number of nitrogens with zero attached hydrogens (tertiary/aromatic N) is 4. The number of aromatic nitrogens is 4. The van der Waals surface area contributed by atoms with E-state index in [0.717, 1.165) is 15.1 Å². The van der Waals surface area contributed by atoms with Crippen LogP contribution in [0.3, 0.4) is 0 Å². The number of thiophene rings is 1. The number of fused-ring (bicyclic) bond motifs is 1. The Labute approximate surface area is 180 Å². The molecule has 3 N–H and O–H groups in total. The number of rotatable bonds is 6. The zero-order valence-electron chi connectivity index (χ0n) is 15.4. The summed E-state index contributed by atoms with van der Waals surface area (Å²) < 4.78 is 1.96. The van der Waals surface area contributed by atoms with Gasteiger partial charge in [-0.1, -0.05) is 23.4 Å². The van der Waals surface area contributed by atoms with Gasteiger partial charge >= 0.3 is 0 Å². The van der Waals surface area contributed by atoms with Crippen molar-refractivity contribution in [3.8, 4) is 10.7 Å². The number of nitrogens with one attached hydrogen (secondary N) is 1. The van der Waals surface area contributed by atoms with Gasteiger partial charge in [0.25, 0.3) is 0 Å². The number of hydrogen-bond acceptors (Lipinski definition) is 7.